The molecule has 1 aliphatic heterocycles. The minimum atomic E-state index is -0.440. The van der Waals surface area contributed by atoms with Gasteiger partial charge in [0, 0.05) is 28.0 Å². The maximum Gasteiger partial charge on any atom is 0.0910 e. The highest BCUT2D eigenvalue weighted by Gasteiger charge is 2.36. The predicted molar refractivity (Wildman–Crippen MR) is 172 cm³/mol. The number of benzene rings is 2. The van der Waals surface area contributed by atoms with E-state index in [9.17, 15) is 0 Å². The van der Waals surface area contributed by atoms with Crippen molar-refractivity contribution >= 4 is 27.7 Å². The second-order valence-corrected chi connectivity index (χ2v) is 14.5. The molecule has 0 saturated heterocycles. The normalized spacial score (nSPS) is 16.7. The third-order valence-corrected chi connectivity index (χ3v) is 9.36. The number of rotatable bonds is 13. The molecule has 0 bridgehead atoms. The molecule has 4 rings (SSSR count). The Morgan fingerprint density at radius 3 is 2.31 bits per heavy atom. The van der Waals surface area contributed by atoms with E-state index in [2.05, 4.69) is 112 Å². The molecule has 214 valence electrons. The van der Waals surface area contributed by atoms with Gasteiger partial charge in [-0.05, 0) is 86.3 Å². The largest absolute Gasteiger partial charge is 0.367 e. The molecule has 1 fully saturated rings. The van der Waals surface area contributed by atoms with E-state index in [1.807, 2.05) is 0 Å². The van der Waals surface area contributed by atoms with Crippen LogP contribution in [0.3, 0.4) is 0 Å². The molecule has 0 amide bonds. The number of unbranched alkanes of at least 4 members (excludes halogenated alkanes) is 6. The fraction of sp³-hybridized carbons (Fsp3) is 0.611. The molecule has 0 radical (unpaired) electrons. The summed E-state index contributed by atoms with van der Waals surface area (Å²) in [4.78, 5) is 2.48. The van der Waals surface area contributed by atoms with Crippen molar-refractivity contribution in [2.45, 2.75) is 137 Å². The lowest BCUT2D eigenvalue weighted by Gasteiger charge is -2.41. The number of fused-ring (bicyclic) bond motifs is 1. The van der Waals surface area contributed by atoms with Crippen LogP contribution in [-0.2, 0) is 16.9 Å². The predicted octanol–water partition coefficient (Wildman–Crippen LogP) is 11.5. The number of nitrogens with zero attached hydrogens (tertiary/aromatic N) is 1. The molecule has 3 heteroatoms. The molecular formula is C36H52BrNO. The number of halogens is 1. The summed E-state index contributed by atoms with van der Waals surface area (Å²) in [6, 6.07) is 13.8. The first kappa shape index (κ1) is 30.4. The fourth-order valence-electron chi connectivity index (χ4n) is 6.14. The van der Waals surface area contributed by atoms with Crippen molar-refractivity contribution in [3.05, 3.63) is 68.8 Å². The molecule has 1 saturated carbocycles. The van der Waals surface area contributed by atoms with Gasteiger partial charge in [-0.15, -0.1) is 0 Å². The summed E-state index contributed by atoms with van der Waals surface area (Å²) >= 11 is 3.94. The summed E-state index contributed by atoms with van der Waals surface area (Å²) in [5.74, 6) is 0.786. The van der Waals surface area contributed by atoms with Gasteiger partial charge in [0.05, 0.1) is 11.7 Å². The summed E-state index contributed by atoms with van der Waals surface area (Å²) in [5.41, 5.74) is 7.72. The highest BCUT2D eigenvalue weighted by molar-refractivity contribution is 9.10. The summed E-state index contributed by atoms with van der Waals surface area (Å²) in [7, 11) is 0. The van der Waals surface area contributed by atoms with E-state index in [0.29, 0.717) is 0 Å². The van der Waals surface area contributed by atoms with Crippen LogP contribution < -0.4 is 4.90 Å². The Hall–Kier alpha value is -1.58. The Morgan fingerprint density at radius 1 is 0.949 bits per heavy atom. The van der Waals surface area contributed by atoms with Gasteiger partial charge in [0.15, 0.2) is 0 Å². The Labute approximate surface area is 247 Å². The Balaban J connectivity index is 1.53. The van der Waals surface area contributed by atoms with E-state index in [4.69, 9.17) is 4.74 Å². The van der Waals surface area contributed by atoms with Gasteiger partial charge in [0.2, 0.25) is 0 Å². The van der Waals surface area contributed by atoms with Crippen LogP contribution in [0, 0.1) is 5.41 Å². The molecular weight excluding hydrogens is 542 g/mol. The van der Waals surface area contributed by atoms with Crippen LogP contribution in [0.2, 0.25) is 0 Å². The first-order chi connectivity index (χ1) is 18.5. The first-order valence-electron chi connectivity index (χ1n) is 15.6. The topological polar surface area (TPSA) is 12.5 Å². The van der Waals surface area contributed by atoms with Crippen molar-refractivity contribution in [1.82, 2.24) is 0 Å². The van der Waals surface area contributed by atoms with Crippen LogP contribution in [0.4, 0.5) is 5.69 Å². The summed E-state index contributed by atoms with van der Waals surface area (Å²) in [5, 5.41) is 0. The minimum Gasteiger partial charge on any atom is -0.367 e. The molecule has 0 spiro atoms. The molecule has 2 aromatic carbocycles. The molecule has 0 N–H and O–H groups in total. The third kappa shape index (κ3) is 7.79. The van der Waals surface area contributed by atoms with Crippen molar-refractivity contribution in [2.75, 3.05) is 4.90 Å². The second-order valence-electron chi connectivity index (χ2n) is 13.6. The maximum absolute atomic E-state index is 7.12. The van der Waals surface area contributed by atoms with Gasteiger partial charge in [0.25, 0.3) is 0 Å². The van der Waals surface area contributed by atoms with Gasteiger partial charge < -0.3 is 9.64 Å². The van der Waals surface area contributed by atoms with Gasteiger partial charge in [-0.3, -0.25) is 0 Å². The summed E-state index contributed by atoms with van der Waals surface area (Å²) in [6.07, 6.45) is 15.7. The molecule has 0 aromatic heterocycles. The fourth-order valence-corrected chi connectivity index (χ4v) is 6.97. The van der Waals surface area contributed by atoms with Crippen LogP contribution in [0.5, 0.6) is 0 Å². The molecule has 39 heavy (non-hydrogen) atoms. The van der Waals surface area contributed by atoms with Gasteiger partial charge in [-0.2, -0.15) is 0 Å². The van der Waals surface area contributed by atoms with E-state index in [-0.39, 0.29) is 11.5 Å². The zero-order chi connectivity index (χ0) is 28.2. The van der Waals surface area contributed by atoms with E-state index < -0.39 is 5.60 Å². The average molecular weight is 595 g/mol. The van der Waals surface area contributed by atoms with Crippen molar-refractivity contribution in [1.29, 1.82) is 0 Å². The van der Waals surface area contributed by atoms with Crippen LogP contribution in [0.15, 0.2) is 46.6 Å². The maximum atomic E-state index is 7.12. The molecule has 2 aromatic rings. The summed E-state index contributed by atoms with van der Waals surface area (Å²) in [6.45, 7) is 17.0. The van der Waals surface area contributed by atoms with Gasteiger partial charge >= 0.3 is 0 Å². The van der Waals surface area contributed by atoms with Crippen molar-refractivity contribution in [3.63, 3.8) is 0 Å². The monoisotopic (exact) mass is 593 g/mol. The standard InChI is InChI=1S/C36H52BrNO/c1-8-9-10-11-12-13-14-18-33(35(3,4)5)39-36(6,7)34-31(37)16-15-17-32(34)38-25-29-22-21-28(27-19-20-27)24-30(29)23-26(38)2/h15-17,21-24,27,33H,8-14,18-20,25H2,1-7H3. The van der Waals surface area contributed by atoms with Gasteiger partial charge in [-0.25, -0.2) is 0 Å². The lowest BCUT2D eigenvalue weighted by Crippen LogP contribution is -2.38. The Morgan fingerprint density at radius 2 is 1.64 bits per heavy atom. The Kier molecular flexibility index (Phi) is 10.1. The van der Waals surface area contributed by atoms with Crippen LogP contribution in [0.25, 0.3) is 6.08 Å². The molecule has 1 atom stereocenters. The van der Waals surface area contributed by atoms with E-state index in [0.717, 1.165) is 23.4 Å². The zero-order valence-electron chi connectivity index (χ0n) is 25.7. The van der Waals surface area contributed by atoms with Gasteiger partial charge in [0.1, 0.15) is 0 Å². The number of allylic oxidation sites excluding steroid dienone is 1. The SMILES string of the molecule is CCCCCCCCCC(OC(C)(C)c1c(Br)cccc1N1Cc2ccc(C3CC3)cc2C=C1C)C(C)(C)C. The number of anilines is 1. The third-order valence-electron chi connectivity index (χ3n) is 8.69. The molecule has 1 unspecified atom stereocenters. The number of hydrogen-bond donors (Lipinski definition) is 0. The van der Waals surface area contributed by atoms with Crippen LogP contribution in [-0.4, -0.2) is 6.10 Å². The lowest BCUT2D eigenvalue weighted by atomic mass is 9.84. The zero-order valence-corrected chi connectivity index (χ0v) is 27.3. The van der Waals surface area contributed by atoms with Crippen molar-refractivity contribution in [3.8, 4) is 0 Å². The van der Waals surface area contributed by atoms with Crippen LogP contribution >= 0.6 is 15.9 Å². The molecule has 1 aliphatic carbocycles. The van der Waals surface area contributed by atoms with Crippen molar-refractivity contribution in [2.24, 2.45) is 5.41 Å². The molecule has 2 nitrogen and oxygen atoms in total. The van der Waals surface area contributed by atoms with E-state index >= 15 is 0 Å². The van der Waals surface area contributed by atoms with E-state index in [1.165, 1.54) is 91.4 Å². The highest BCUT2D eigenvalue weighted by atomic mass is 79.9. The van der Waals surface area contributed by atoms with Crippen LogP contribution in [0.1, 0.15) is 141 Å². The quantitative estimate of drug-likeness (QED) is 0.214. The highest BCUT2D eigenvalue weighted by Crippen LogP contribution is 2.45. The van der Waals surface area contributed by atoms with Crippen molar-refractivity contribution < 1.29 is 4.74 Å². The van der Waals surface area contributed by atoms with E-state index in [1.54, 1.807) is 0 Å². The average Bonchev–Trinajstić information content (AvgIpc) is 3.71. The lowest BCUT2D eigenvalue weighted by molar-refractivity contribution is -0.122. The molecule has 1 heterocycles. The summed E-state index contributed by atoms with van der Waals surface area (Å²) < 4.78 is 8.25. The number of ether oxygens (including phenoxy) is 1. The smallest absolute Gasteiger partial charge is 0.0910 e. The van der Waals surface area contributed by atoms with Gasteiger partial charge in [-0.1, -0.05) is 113 Å². The molecule has 2 aliphatic rings. The Bertz CT molecular complexity index is 1140. The second kappa shape index (κ2) is 12.9. The minimum absolute atomic E-state index is 0.0834. The first-order valence-corrected chi connectivity index (χ1v) is 16.4. The number of hydrogen-bond acceptors (Lipinski definition) is 2.